The van der Waals surface area contributed by atoms with Crippen LogP contribution >= 0.6 is 0 Å². The predicted molar refractivity (Wildman–Crippen MR) is 90.3 cm³/mol. The maximum Gasteiger partial charge on any atom is 0.124 e. The second kappa shape index (κ2) is 9.26. The molecule has 0 aliphatic heterocycles. The van der Waals surface area contributed by atoms with Crippen LogP contribution in [-0.4, -0.2) is 34.7 Å². The van der Waals surface area contributed by atoms with Gasteiger partial charge in [0, 0.05) is 44.6 Å². The summed E-state index contributed by atoms with van der Waals surface area (Å²) >= 11 is 0. The molecule has 2 aromatic rings. The topological polar surface area (TPSA) is 65.2 Å². The van der Waals surface area contributed by atoms with Gasteiger partial charge in [-0.15, -0.1) is 0 Å². The number of para-hydroxylation sites is 2. The van der Waals surface area contributed by atoms with E-state index in [1.807, 2.05) is 38.1 Å². The van der Waals surface area contributed by atoms with Crippen LogP contribution in [0.4, 0.5) is 0 Å². The summed E-state index contributed by atoms with van der Waals surface area (Å²) in [5.74, 6) is 0.424. The number of nitrogens with zero attached hydrogens (tertiary/aromatic N) is 2. The van der Waals surface area contributed by atoms with E-state index in [9.17, 15) is 10.2 Å². The zero-order valence-electron chi connectivity index (χ0n) is 13.0. The molecule has 0 bridgehead atoms. The van der Waals surface area contributed by atoms with Crippen LogP contribution in [-0.2, 0) is 21.1 Å². The molecular formula is C18H20N2O2Pt. The molecule has 2 aromatic carbocycles. The molecule has 23 heavy (non-hydrogen) atoms. The van der Waals surface area contributed by atoms with Gasteiger partial charge >= 0.3 is 0 Å². The molecule has 0 fully saturated rings. The van der Waals surface area contributed by atoms with Crippen LogP contribution in [0.15, 0.2) is 58.5 Å². The second-order valence-electron chi connectivity index (χ2n) is 5.16. The fourth-order valence-electron chi connectivity index (χ4n) is 1.84. The average Bonchev–Trinajstić information content (AvgIpc) is 2.52. The van der Waals surface area contributed by atoms with Crippen molar-refractivity contribution in [1.82, 2.24) is 0 Å². The zero-order valence-corrected chi connectivity index (χ0v) is 15.3. The number of hydrogen-bond acceptors (Lipinski definition) is 4. The third-order valence-corrected chi connectivity index (χ3v) is 3.47. The fourth-order valence-corrected chi connectivity index (χ4v) is 1.84. The molecule has 4 nitrogen and oxygen atoms in total. The molecule has 0 heterocycles. The van der Waals surface area contributed by atoms with Crippen LogP contribution in [0.1, 0.15) is 25.0 Å². The van der Waals surface area contributed by atoms with E-state index >= 15 is 0 Å². The van der Waals surface area contributed by atoms with Crippen molar-refractivity contribution in [3.63, 3.8) is 0 Å². The molecule has 124 valence electrons. The maximum absolute atomic E-state index is 9.70. The van der Waals surface area contributed by atoms with Crippen LogP contribution < -0.4 is 0 Å². The summed E-state index contributed by atoms with van der Waals surface area (Å²) < 4.78 is 0. The van der Waals surface area contributed by atoms with Crippen LogP contribution in [0.2, 0.25) is 0 Å². The predicted octanol–water partition coefficient (Wildman–Crippen LogP) is 3.41. The number of phenolic OH excluding ortho intramolecular Hbond substituents is 2. The van der Waals surface area contributed by atoms with Gasteiger partial charge in [0.2, 0.25) is 0 Å². The Hall–Kier alpha value is -1.93. The summed E-state index contributed by atoms with van der Waals surface area (Å²) in [6.07, 6.45) is 3.32. The largest absolute Gasteiger partial charge is 0.507 e. The van der Waals surface area contributed by atoms with Gasteiger partial charge in [0.1, 0.15) is 11.5 Å². The van der Waals surface area contributed by atoms with E-state index in [1.54, 1.807) is 36.7 Å². The normalized spacial score (nSPS) is 13.8. The van der Waals surface area contributed by atoms with Crippen LogP contribution in [0.3, 0.4) is 0 Å². The Kier molecular flexibility index (Phi) is 7.70. The molecule has 0 radical (unpaired) electrons. The molecule has 0 spiro atoms. The third kappa shape index (κ3) is 5.64. The summed E-state index contributed by atoms with van der Waals surface area (Å²) in [5.41, 5.74) is 1.37. The van der Waals surface area contributed by atoms with E-state index in [0.717, 1.165) is 0 Å². The molecule has 0 amide bonds. The van der Waals surface area contributed by atoms with E-state index in [0.29, 0.717) is 11.1 Å². The quantitative estimate of drug-likeness (QED) is 0.630. The summed E-state index contributed by atoms with van der Waals surface area (Å²) in [6, 6.07) is 14.0. The van der Waals surface area contributed by atoms with Gasteiger partial charge in [-0.1, -0.05) is 24.3 Å². The molecule has 2 unspecified atom stereocenters. The molecule has 2 N–H and O–H groups in total. The van der Waals surface area contributed by atoms with Crippen LogP contribution in [0.5, 0.6) is 11.5 Å². The average molecular weight is 491 g/mol. The summed E-state index contributed by atoms with van der Waals surface area (Å²) in [6.45, 7) is 3.92. The van der Waals surface area contributed by atoms with Crippen molar-refractivity contribution in [3.8, 4) is 11.5 Å². The van der Waals surface area contributed by atoms with Gasteiger partial charge in [0.05, 0.1) is 12.1 Å². The van der Waals surface area contributed by atoms with E-state index in [2.05, 4.69) is 9.98 Å². The summed E-state index contributed by atoms with van der Waals surface area (Å²) in [7, 11) is 0. The van der Waals surface area contributed by atoms with Crippen molar-refractivity contribution in [3.05, 3.63) is 59.7 Å². The molecular weight excluding hydrogens is 471 g/mol. The minimum atomic E-state index is -0.0401. The van der Waals surface area contributed by atoms with Gasteiger partial charge in [0.15, 0.2) is 0 Å². The SMILES string of the molecule is CC(N=Cc1ccccc1O)C(C)N=Cc1ccccc1O.[Pt]. The first-order chi connectivity index (χ1) is 10.6. The second-order valence-corrected chi connectivity index (χ2v) is 5.16. The molecule has 2 rings (SSSR count). The smallest absolute Gasteiger partial charge is 0.124 e. The number of phenols is 2. The Balaban J connectivity index is 0.00000264. The van der Waals surface area contributed by atoms with E-state index in [-0.39, 0.29) is 44.6 Å². The fraction of sp³-hybridized carbons (Fsp3) is 0.222. The minimum Gasteiger partial charge on any atom is -0.507 e. The molecule has 2 atom stereocenters. The van der Waals surface area contributed by atoms with Gasteiger partial charge in [0.25, 0.3) is 0 Å². The first-order valence-electron chi connectivity index (χ1n) is 7.20. The van der Waals surface area contributed by atoms with Crippen LogP contribution in [0, 0.1) is 0 Å². The molecule has 0 saturated heterocycles. The Labute approximate surface area is 150 Å². The van der Waals surface area contributed by atoms with Crippen LogP contribution in [0.25, 0.3) is 0 Å². The van der Waals surface area contributed by atoms with Crippen molar-refractivity contribution in [1.29, 1.82) is 0 Å². The Morgan fingerprint density at radius 1 is 0.739 bits per heavy atom. The molecule has 0 saturated carbocycles. The van der Waals surface area contributed by atoms with E-state index in [1.165, 1.54) is 0 Å². The Morgan fingerprint density at radius 3 is 1.43 bits per heavy atom. The monoisotopic (exact) mass is 491 g/mol. The van der Waals surface area contributed by atoms with Gasteiger partial charge in [-0.3, -0.25) is 9.98 Å². The standard InChI is InChI=1S/C18H20N2O2.Pt/c1-13(19-11-15-7-3-5-9-17(15)21)14(2)20-12-16-8-4-6-10-18(16)22;/h3-14,21-22H,1-2H3;. The number of hydrogen-bond donors (Lipinski definition) is 2. The molecule has 0 aliphatic carbocycles. The van der Waals surface area contributed by atoms with E-state index in [4.69, 9.17) is 0 Å². The first-order valence-corrected chi connectivity index (χ1v) is 7.20. The van der Waals surface area contributed by atoms with Gasteiger partial charge < -0.3 is 10.2 Å². The van der Waals surface area contributed by atoms with E-state index < -0.39 is 0 Å². The first kappa shape index (κ1) is 19.1. The molecule has 5 heteroatoms. The van der Waals surface area contributed by atoms with Gasteiger partial charge in [-0.25, -0.2) is 0 Å². The summed E-state index contributed by atoms with van der Waals surface area (Å²) in [5, 5.41) is 19.4. The molecule has 0 aromatic heterocycles. The minimum absolute atomic E-state index is 0. The summed E-state index contributed by atoms with van der Waals surface area (Å²) in [4.78, 5) is 8.86. The number of aromatic hydroxyl groups is 2. The number of benzene rings is 2. The maximum atomic E-state index is 9.70. The van der Waals surface area contributed by atoms with Crippen molar-refractivity contribution < 1.29 is 31.3 Å². The van der Waals surface area contributed by atoms with Gasteiger partial charge in [-0.2, -0.15) is 0 Å². The van der Waals surface area contributed by atoms with Crippen molar-refractivity contribution in [2.24, 2.45) is 9.98 Å². The number of rotatable bonds is 5. The van der Waals surface area contributed by atoms with Crippen molar-refractivity contribution in [2.45, 2.75) is 25.9 Å². The van der Waals surface area contributed by atoms with Crippen molar-refractivity contribution in [2.75, 3.05) is 0 Å². The Morgan fingerprint density at radius 2 is 1.09 bits per heavy atom. The molecule has 0 aliphatic rings. The third-order valence-electron chi connectivity index (χ3n) is 3.47. The zero-order chi connectivity index (χ0) is 15.9. The van der Waals surface area contributed by atoms with Crippen molar-refractivity contribution >= 4 is 12.4 Å². The Bertz CT molecular complexity index is 627. The van der Waals surface area contributed by atoms with Gasteiger partial charge in [-0.05, 0) is 38.1 Å². The number of aliphatic imine (C=N–C) groups is 2.